The molecule has 6 rings (SSSR count). The van der Waals surface area contributed by atoms with Gasteiger partial charge in [-0.2, -0.15) is 31.7 Å². The van der Waals surface area contributed by atoms with Crippen molar-refractivity contribution in [3.63, 3.8) is 0 Å². The van der Waals surface area contributed by atoms with E-state index in [0.29, 0.717) is 22.0 Å². The lowest BCUT2D eigenvalue weighted by molar-refractivity contribution is -0.136. The quantitative estimate of drug-likeness (QED) is 0.0978. The summed E-state index contributed by atoms with van der Waals surface area (Å²) < 4.78 is 73.2. The maximum absolute atomic E-state index is 15.0. The molecular formula is C36H40ClF5N10O3. The van der Waals surface area contributed by atoms with Crippen LogP contribution in [0.15, 0.2) is 60.0 Å². The molecule has 13 nitrogen and oxygen atoms in total. The maximum Gasteiger partial charge on any atom is 0.407 e. The number of aliphatic imine (C=N–C) groups is 1. The highest BCUT2D eigenvalue weighted by Gasteiger charge is 2.53. The predicted molar refractivity (Wildman–Crippen MR) is 192 cm³/mol. The Hall–Kier alpha value is -5.13. The van der Waals surface area contributed by atoms with Crippen LogP contribution in [0.4, 0.5) is 26.7 Å². The molecule has 1 aliphatic carbocycles. The van der Waals surface area contributed by atoms with Crippen LogP contribution >= 0.6 is 11.6 Å². The minimum atomic E-state index is -4.32. The second-order valence-electron chi connectivity index (χ2n) is 14.8. The second-order valence-corrected chi connectivity index (χ2v) is 15.2. The van der Waals surface area contributed by atoms with Gasteiger partial charge in [0.15, 0.2) is 17.3 Å². The molecule has 1 saturated carbocycles. The predicted octanol–water partition coefficient (Wildman–Crippen LogP) is 7.58. The van der Waals surface area contributed by atoms with E-state index in [1.807, 2.05) is 43.8 Å². The van der Waals surface area contributed by atoms with Gasteiger partial charge in [-0.15, -0.1) is 5.10 Å². The number of amides is 2. The maximum atomic E-state index is 15.0. The average Bonchev–Trinajstić information content (AvgIpc) is 3.52. The van der Waals surface area contributed by atoms with Crippen LogP contribution in [0.25, 0.3) is 22.6 Å². The van der Waals surface area contributed by atoms with E-state index in [4.69, 9.17) is 27.1 Å². The van der Waals surface area contributed by atoms with Crippen LogP contribution in [-0.4, -0.2) is 71.9 Å². The summed E-state index contributed by atoms with van der Waals surface area (Å²) in [6.07, 6.45) is -1.30. The smallest absolute Gasteiger partial charge is 0.407 e. The summed E-state index contributed by atoms with van der Waals surface area (Å²) in [6, 6.07) is 10.7. The Morgan fingerprint density at radius 3 is 2.49 bits per heavy atom. The highest BCUT2D eigenvalue weighted by atomic mass is 35.5. The third kappa shape index (κ3) is 9.06. The minimum Gasteiger partial charge on any atom is -0.447 e. The lowest BCUT2D eigenvalue weighted by Gasteiger charge is -2.35. The molecular weight excluding hydrogens is 751 g/mol. The Bertz CT molecular complexity index is 2040. The summed E-state index contributed by atoms with van der Waals surface area (Å²) in [4.78, 5) is 37.7. The molecule has 2 aromatic heterocycles. The fraction of sp³-hybridized carbons (Fsp3) is 0.472. The van der Waals surface area contributed by atoms with Gasteiger partial charge in [-0.1, -0.05) is 67.9 Å². The largest absolute Gasteiger partial charge is 0.447 e. The van der Waals surface area contributed by atoms with Crippen LogP contribution in [0.5, 0.6) is 0 Å². The van der Waals surface area contributed by atoms with E-state index in [1.54, 1.807) is 12.1 Å². The van der Waals surface area contributed by atoms with Crippen molar-refractivity contribution in [1.82, 2.24) is 40.0 Å². The first kappa shape index (κ1) is 39.6. The standard InChI is InChI=1S/C36H40ClF5N10O3/c1-34(2,3)19-35(23-9-6-21(7-10-23)27-17-50(49-48-27)24-11-12-24)30(53)51(32(43)47-35)28(18-55-33(54)44-15-5-4-14-36(40,41)42)22-8-13-26(37)25(16-22)29-45-20-46-52(29)31(38)39/h6-10,13,16-17,20,24,28,31H,4-5,11-12,14-15,18-19H2,1-3H3,(H2,43,47)(H,44,54)/t28-,35-/m1/s1. The lowest BCUT2D eigenvalue weighted by Crippen LogP contribution is -2.47. The minimum absolute atomic E-state index is 0.0423. The molecule has 2 aliphatic rings. The van der Waals surface area contributed by atoms with Crippen molar-refractivity contribution < 1.29 is 36.3 Å². The van der Waals surface area contributed by atoms with Crippen molar-refractivity contribution in [3.05, 3.63) is 71.1 Å². The van der Waals surface area contributed by atoms with E-state index in [-0.39, 0.29) is 53.7 Å². The van der Waals surface area contributed by atoms with Crippen LogP contribution in [-0.2, 0) is 15.1 Å². The van der Waals surface area contributed by atoms with E-state index in [1.165, 1.54) is 23.1 Å². The summed E-state index contributed by atoms with van der Waals surface area (Å²) in [6.45, 7) is 2.19. The number of nitrogens with zero attached hydrogens (tertiary/aromatic N) is 8. The Morgan fingerprint density at radius 2 is 1.84 bits per heavy atom. The number of carbonyl (C=O) groups is 2. The first-order valence-electron chi connectivity index (χ1n) is 17.6. The SMILES string of the molecule is CC(C)(C)C[C@]1(c2ccc(-c3cn(C4CC4)nn3)cc2)N=C(N)N([C@H](COC(=O)NCCCCC(F)(F)F)c2ccc(Cl)c(-c3ncnn3C(F)F)c2)C1=O. The number of halogens is 6. The van der Waals surface area contributed by atoms with Gasteiger partial charge in [0, 0.05) is 24.1 Å². The number of hydrogen-bond acceptors (Lipinski definition) is 9. The molecule has 2 aromatic carbocycles. The molecule has 55 heavy (non-hydrogen) atoms. The topological polar surface area (TPSA) is 158 Å². The first-order chi connectivity index (χ1) is 26.0. The van der Waals surface area contributed by atoms with Crippen LogP contribution in [0.1, 0.15) is 89.1 Å². The molecule has 0 unspecified atom stereocenters. The summed E-state index contributed by atoms with van der Waals surface area (Å²) in [5.41, 5.74) is 6.92. The van der Waals surface area contributed by atoms with Crippen molar-refractivity contribution in [2.75, 3.05) is 13.2 Å². The molecule has 0 spiro atoms. The van der Waals surface area contributed by atoms with Gasteiger partial charge in [-0.05, 0) is 60.8 Å². The molecule has 4 aromatic rings. The molecule has 0 radical (unpaired) electrons. The zero-order valence-corrected chi connectivity index (χ0v) is 31.0. The van der Waals surface area contributed by atoms with Gasteiger partial charge in [-0.25, -0.2) is 19.5 Å². The Morgan fingerprint density at radius 1 is 1.11 bits per heavy atom. The number of guanidine groups is 1. The molecule has 0 bridgehead atoms. The zero-order chi connectivity index (χ0) is 39.7. The summed E-state index contributed by atoms with van der Waals surface area (Å²) in [7, 11) is 0. The molecule has 1 aliphatic heterocycles. The monoisotopic (exact) mass is 790 g/mol. The first-order valence-corrected chi connectivity index (χ1v) is 18.0. The second kappa shape index (κ2) is 15.5. The number of hydrogen-bond donors (Lipinski definition) is 2. The third-order valence-electron chi connectivity index (χ3n) is 9.21. The number of rotatable bonds is 14. The van der Waals surface area contributed by atoms with Crippen molar-refractivity contribution in [2.24, 2.45) is 16.1 Å². The number of carbonyl (C=O) groups excluding carboxylic acids is 2. The summed E-state index contributed by atoms with van der Waals surface area (Å²) >= 11 is 6.47. The van der Waals surface area contributed by atoms with Gasteiger partial charge >= 0.3 is 18.8 Å². The summed E-state index contributed by atoms with van der Waals surface area (Å²) in [5, 5.41) is 14.6. The van der Waals surface area contributed by atoms with Crippen LogP contribution in [0.3, 0.4) is 0 Å². The molecule has 2 atom stereocenters. The molecule has 1 fully saturated rings. The van der Waals surface area contributed by atoms with Gasteiger partial charge in [0.25, 0.3) is 5.91 Å². The van der Waals surface area contributed by atoms with Crippen LogP contribution in [0.2, 0.25) is 5.02 Å². The highest BCUT2D eigenvalue weighted by Crippen LogP contribution is 2.46. The molecule has 294 valence electrons. The lowest BCUT2D eigenvalue weighted by atomic mass is 9.75. The Labute approximate surface area is 318 Å². The molecule has 19 heteroatoms. The fourth-order valence-corrected chi connectivity index (χ4v) is 6.79. The van der Waals surface area contributed by atoms with E-state index in [0.717, 1.165) is 24.7 Å². The van der Waals surface area contributed by atoms with Crippen molar-refractivity contribution in [2.45, 2.75) is 89.6 Å². The van der Waals surface area contributed by atoms with E-state index >= 15 is 0 Å². The van der Waals surface area contributed by atoms with Crippen LogP contribution in [0, 0.1) is 5.41 Å². The van der Waals surface area contributed by atoms with Gasteiger partial charge in [0.2, 0.25) is 0 Å². The highest BCUT2D eigenvalue weighted by molar-refractivity contribution is 6.33. The fourth-order valence-electron chi connectivity index (χ4n) is 6.59. The number of benzene rings is 2. The Balaban J connectivity index is 1.33. The molecule has 2 amide bonds. The van der Waals surface area contributed by atoms with Crippen molar-refractivity contribution in [1.29, 1.82) is 0 Å². The number of nitrogens with one attached hydrogen (secondary N) is 1. The summed E-state index contributed by atoms with van der Waals surface area (Å²) in [5.74, 6) is -0.994. The molecule has 3 N–H and O–H groups in total. The average molecular weight is 791 g/mol. The van der Waals surface area contributed by atoms with Gasteiger partial charge in [-0.3, -0.25) is 9.69 Å². The van der Waals surface area contributed by atoms with E-state index < -0.39 is 54.7 Å². The number of unbranched alkanes of at least 4 members (excludes halogenated alkanes) is 1. The molecule has 0 saturated heterocycles. The molecule has 3 heterocycles. The van der Waals surface area contributed by atoms with Crippen molar-refractivity contribution in [3.8, 4) is 22.6 Å². The third-order valence-corrected chi connectivity index (χ3v) is 9.54. The number of aromatic nitrogens is 6. The number of nitrogens with two attached hydrogens (primary N) is 1. The number of alkyl carbamates (subject to hydrolysis) is 1. The normalized spacial score (nSPS) is 18.2. The van der Waals surface area contributed by atoms with E-state index in [2.05, 4.69) is 25.7 Å². The van der Waals surface area contributed by atoms with Gasteiger partial charge < -0.3 is 15.8 Å². The van der Waals surface area contributed by atoms with E-state index in [9.17, 15) is 31.5 Å². The number of alkyl halides is 5. The number of ether oxygens (including phenoxy) is 1. The van der Waals surface area contributed by atoms with Crippen molar-refractivity contribution >= 4 is 29.6 Å². The van der Waals surface area contributed by atoms with Crippen LogP contribution < -0.4 is 11.1 Å². The van der Waals surface area contributed by atoms with Gasteiger partial charge in [0.1, 0.15) is 18.6 Å². The Kier molecular flexibility index (Phi) is 11.2. The van der Waals surface area contributed by atoms with Gasteiger partial charge in [0.05, 0.1) is 23.3 Å². The zero-order valence-electron chi connectivity index (χ0n) is 30.2.